The van der Waals surface area contributed by atoms with E-state index < -0.39 is 0 Å². The minimum Gasteiger partial charge on any atom is -0.378 e. The Morgan fingerprint density at radius 3 is 2.68 bits per heavy atom. The van der Waals surface area contributed by atoms with Crippen molar-refractivity contribution in [3.05, 3.63) is 46.3 Å². The normalized spacial score (nSPS) is 23.2. The molecular weight excluding hydrogens is 451 g/mol. The highest BCUT2D eigenvalue weighted by Crippen LogP contribution is 2.47. The quantitative estimate of drug-likeness (QED) is 0.454. The summed E-state index contributed by atoms with van der Waals surface area (Å²) in [6, 6.07) is 5.68. The van der Waals surface area contributed by atoms with Gasteiger partial charge in [0.15, 0.2) is 5.65 Å². The van der Waals surface area contributed by atoms with Crippen molar-refractivity contribution in [2.45, 2.75) is 49.5 Å². The summed E-state index contributed by atoms with van der Waals surface area (Å²) in [7, 11) is 0. The minimum atomic E-state index is 0.304. The van der Waals surface area contributed by atoms with Crippen LogP contribution in [0.1, 0.15) is 32.4 Å². The lowest BCUT2D eigenvalue weighted by atomic mass is 9.70. The van der Waals surface area contributed by atoms with Crippen molar-refractivity contribution in [1.82, 2.24) is 14.4 Å². The molecule has 4 heterocycles. The second-order valence-electron chi connectivity index (χ2n) is 8.76. The first kappa shape index (κ1) is 21.4. The van der Waals surface area contributed by atoms with Gasteiger partial charge >= 0.3 is 0 Å². The van der Waals surface area contributed by atoms with Gasteiger partial charge in [0, 0.05) is 35.8 Å². The highest BCUT2D eigenvalue weighted by Gasteiger charge is 2.47. The van der Waals surface area contributed by atoms with Crippen LogP contribution in [0, 0.1) is 18.3 Å². The van der Waals surface area contributed by atoms with E-state index in [-0.39, 0.29) is 0 Å². The Bertz CT molecular complexity index is 1130. The standard InChI is InChI=1S/C23H26Cl2N4OS/c1-14-16(3)30-13-23(14)7-10-28(11-8-23)22-27-15(2)20(21-26-9-12-29(21)22)31-18-6-4-5-17(24)19(18)25/h4-6,9,12,14,16H,7-8,10-11,13H2,1-3H3/t14-,16+/m1/s1. The van der Waals surface area contributed by atoms with Crippen molar-refractivity contribution >= 4 is 46.6 Å². The van der Waals surface area contributed by atoms with Gasteiger partial charge in [-0.3, -0.25) is 4.40 Å². The molecule has 0 bridgehead atoms. The fourth-order valence-electron chi connectivity index (χ4n) is 4.89. The zero-order valence-electron chi connectivity index (χ0n) is 17.9. The van der Waals surface area contributed by atoms with Crippen LogP contribution in [0.2, 0.25) is 10.0 Å². The third-order valence-corrected chi connectivity index (χ3v) is 9.30. The molecule has 2 aromatic heterocycles. The second kappa shape index (κ2) is 8.14. The van der Waals surface area contributed by atoms with Crippen LogP contribution in [0.3, 0.4) is 0 Å². The van der Waals surface area contributed by atoms with Gasteiger partial charge in [0.25, 0.3) is 0 Å². The van der Waals surface area contributed by atoms with E-state index in [0.717, 1.165) is 59.6 Å². The maximum absolute atomic E-state index is 6.44. The number of nitrogens with zero attached hydrogens (tertiary/aromatic N) is 4. The van der Waals surface area contributed by atoms with Crippen LogP contribution in [0.25, 0.3) is 5.65 Å². The van der Waals surface area contributed by atoms with Crippen LogP contribution in [0.15, 0.2) is 40.4 Å². The van der Waals surface area contributed by atoms with Gasteiger partial charge in [-0.1, -0.05) is 48.0 Å². The lowest BCUT2D eigenvalue weighted by Crippen LogP contribution is -2.44. The topological polar surface area (TPSA) is 42.7 Å². The van der Waals surface area contributed by atoms with E-state index in [1.54, 1.807) is 17.8 Å². The van der Waals surface area contributed by atoms with Crippen LogP contribution in [-0.4, -0.2) is 40.2 Å². The average molecular weight is 477 g/mol. The van der Waals surface area contributed by atoms with Crippen molar-refractivity contribution in [3.63, 3.8) is 0 Å². The summed E-state index contributed by atoms with van der Waals surface area (Å²) >= 11 is 14.2. The summed E-state index contributed by atoms with van der Waals surface area (Å²) in [5, 5.41) is 1.11. The van der Waals surface area contributed by atoms with Gasteiger partial charge in [-0.05, 0) is 44.7 Å². The van der Waals surface area contributed by atoms with Gasteiger partial charge in [-0.15, -0.1) is 0 Å². The number of aromatic nitrogens is 3. The Morgan fingerprint density at radius 2 is 1.97 bits per heavy atom. The number of piperidine rings is 1. The summed E-state index contributed by atoms with van der Waals surface area (Å²) in [6.07, 6.45) is 6.44. The van der Waals surface area contributed by atoms with Crippen molar-refractivity contribution < 1.29 is 4.74 Å². The van der Waals surface area contributed by atoms with Crippen LogP contribution in [0.5, 0.6) is 0 Å². The summed E-state index contributed by atoms with van der Waals surface area (Å²) in [5.74, 6) is 1.56. The number of ether oxygens (including phenoxy) is 1. The third-order valence-electron chi connectivity index (χ3n) is 7.13. The maximum Gasteiger partial charge on any atom is 0.211 e. The summed E-state index contributed by atoms with van der Waals surface area (Å²) < 4.78 is 8.09. The van der Waals surface area contributed by atoms with E-state index in [1.165, 1.54) is 0 Å². The monoisotopic (exact) mass is 476 g/mol. The fourth-order valence-corrected chi connectivity index (χ4v) is 6.36. The van der Waals surface area contributed by atoms with E-state index in [9.17, 15) is 0 Å². The molecule has 0 aliphatic carbocycles. The molecule has 8 heteroatoms. The molecule has 1 aromatic carbocycles. The fraction of sp³-hybridized carbons (Fsp3) is 0.478. The first-order chi connectivity index (χ1) is 14.9. The number of aryl methyl sites for hydroxylation is 1. The minimum absolute atomic E-state index is 0.304. The maximum atomic E-state index is 6.44. The van der Waals surface area contributed by atoms with Crippen LogP contribution in [-0.2, 0) is 4.74 Å². The Balaban J connectivity index is 1.45. The van der Waals surface area contributed by atoms with Gasteiger partial charge in [-0.2, -0.15) is 0 Å². The third kappa shape index (κ3) is 3.62. The number of fused-ring (bicyclic) bond motifs is 1. The first-order valence-electron chi connectivity index (χ1n) is 10.7. The lowest BCUT2D eigenvalue weighted by molar-refractivity contribution is 0.0968. The lowest BCUT2D eigenvalue weighted by Gasteiger charge is -2.42. The van der Waals surface area contributed by atoms with Crippen LogP contribution >= 0.6 is 35.0 Å². The molecule has 0 unspecified atom stereocenters. The SMILES string of the molecule is Cc1nc(N2CCC3(CC2)CO[C@@H](C)[C@H]3C)n2ccnc2c1Sc1cccc(Cl)c1Cl. The average Bonchev–Trinajstić information content (AvgIpc) is 3.35. The zero-order valence-corrected chi connectivity index (χ0v) is 20.3. The Hall–Kier alpha value is -1.47. The summed E-state index contributed by atoms with van der Waals surface area (Å²) in [4.78, 5) is 14.0. The highest BCUT2D eigenvalue weighted by atomic mass is 35.5. The first-order valence-corrected chi connectivity index (χ1v) is 12.3. The molecule has 3 aromatic rings. The molecule has 1 spiro atoms. The molecule has 0 saturated carbocycles. The molecule has 2 atom stereocenters. The van der Waals surface area contributed by atoms with Gasteiger partial charge in [0.2, 0.25) is 5.95 Å². The van der Waals surface area contributed by atoms with Gasteiger partial charge in [-0.25, -0.2) is 9.97 Å². The van der Waals surface area contributed by atoms with Gasteiger partial charge in [0.05, 0.1) is 33.3 Å². The van der Waals surface area contributed by atoms with Crippen molar-refractivity contribution in [3.8, 4) is 0 Å². The van der Waals surface area contributed by atoms with Crippen LogP contribution < -0.4 is 4.90 Å². The van der Waals surface area contributed by atoms with E-state index in [2.05, 4.69) is 28.1 Å². The van der Waals surface area contributed by atoms with Gasteiger partial charge < -0.3 is 9.64 Å². The Kier molecular flexibility index (Phi) is 5.62. The molecule has 2 fully saturated rings. The molecule has 0 N–H and O–H groups in total. The number of benzene rings is 1. The number of rotatable bonds is 3. The number of hydrogen-bond acceptors (Lipinski definition) is 5. The molecule has 5 nitrogen and oxygen atoms in total. The molecular formula is C23H26Cl2N4OS. The molecule has 164 valence electrons. The van der Waals surface area contributed by atoms with E-state index in [4.69, 9.17) is 32.9 Å². The van der Waals surface area contributed by atoms with Crippen LogP contribution in [0.4, 0.5) is 5.95 Å². The largest absolute Gasteiger partial charge is 0.378 e. The molecule has 5 rings (SSSR count). The van der Waals surface area contributed by atoms with E-state index in [1.807, 2.05) is 31.5 Å². The molecule has 2 aliphatic heterocycles. The summed E-state index contributed by atoms with van der Waals surface area (Å²) in [6.45, 7) is 9.43. The number of halogens is 2. The smallest absolute Gasteiger partial charge is 0.211 e. The Labute approximate surface area is 197 Å². The molecule has 2 aliphatic rings. The van der Waals surface area contributed by atoms with Crippen molar-refractivity contribution in [2.75, 3.05) is 24.6 Å². The van der Waals surface area contributed by atoms with E-state index in [0.29, 0.717) is 27.5 Å². The predicted molar refractivity (Wildman–Crippen MR) is 127 cm³/mol. The van der Waals surface area contributed by atoms with Crippen molar-refractivity contribution in [2.24, 2.45) is 11.3 Å². The molecule has 31 heavy (non-hydrogen) atoms. The molecule has 2 saturated heterocycles. The number of anilines is 1. The number of imidazole rings is 1. The van der Waals surface area contributed by atoms with Crippen molar-refractivity contribution in [1.29, 1.82) is 0 Å². The zero-order chi connectivity index (χ0) is 21.8. The Morgan fingerprint density at radius 1 is 1.19 bits per heavy atom. The predicted octanol–water partition coefficient (Wildman–Crippen LogP) is 6.14. The summed E-state index contributed by atoms with van der Waals surface area (Å²) in [5.41, 5.74) is 2.15. The van der Waals surface area contributed by atoms with E-state index >= 15 is 0 Å². The van der Waals surface area contributed by atoms with Gasteiger partial charge in [0.1, 0.15) is 0 Å². The molecule has 0 amide bonds. The second-order valence-corrected chi connectivity index (χ2v) is 10.6. The highest BCUT2D eigenvalue weighted by molar-refractivity contribution is 7.99. The molecule has 0 radical (unpaired) electrons. The number of hydrogen-bond donors (Lipinski definition) is 0.